The largest absolute Gasteiger partial charge is 0.497 e. The van der Waals surface area contributed by atoms with Gasteiger partial charge in [-0.2, -0.15) is 0 Å². The van der Waals surface area contributed by atoms with E-state index in [1.54, 1.807) is 7.11 Å². The molecule has 0 aliphatic carbocycles. The number of amides is 1. The number of thiazole rings is 1. The quantitative estimate of drug-likeness (QED) is 0.869. The van der Waals surface area contributed by atoms with Crippen LogP contribution >= 0.6 is 11.3 Å². The van der Waals surface area contributed by atoms with Crippen molar-refractivity contribution >= 4 is 17.2 Å². The Hall–Kier alpha value is -1.88. The maximum Gasteiger partial charge on any atom is 0.273 e. The number of ether oxygens (including phenoxy) is 1. The normalized spacial score (nSPS) is 17.7. The molecule has 1 fully saturated rings. The van der Waals surface area contributed by atoms with Crippen LogP contribution in [0, 0.1) is 6.92 Å². The molecule has 2 heterocycles. The van der Waals surface area contributed by atoms with Crippen molar-refractivity contribution in [2.24, 2.45) is 0 Å². The molecule has 1 aromatic carbocycles. The molecule has 1 amide bonds. The van der Waals surface area contributed by atoms with E-state index in [2.05, 4.69) is 17.1 Å². The van der Waals surface area contributed by atoms with E-state index in [0.29, 0.717) is 5.69 Å². The second-order valence-electron chi connectivity index (χ2n) is 5.60. The van der Waals surface area contributed by atoms with Crippen molar-refractivity contribution in [1.82, 2.24) is 9.88 Å². The number of carbonyl (C=O) groups is 1. The Balaban J connectivity index is 1.71. The Morgan fingerprint density at radius 2 is 2.18 bits per heavy atom. The number of benzene rings is 1. The molecule has 22 heavy (non-hydrogen) atoms. The standard InChI is InChI=1S/C17H20N2O2S/c1-12-18-16(11-22-12)17(20)19-9-3-4-14(19)10-13-5-7-15(21-2)8-6-13/h5-8,11,14H,3-4,9-10H2,1-2H3. The SMILES string of the molecule is COc1ccc(CC2CCCN2C(=O)c2csc(C)n2)cc1. The fourth-order valence-electron chi connectivity index (χ4n) is 2.96. The molecule has 1 aromatic heterocycles. The summed E-state index contributed by atoms with van der Waals surface area (Å²) in [5.41, 5.74) is 1.82. The lowest BCUT2D eigenvalue weighted by Crippen LogP contribution is -2.37. The van der Waals surface area contributed by atoms with E-state index in [1.165, 1.54) is 16.9 Å². The van der Waals surface area contributed by atoms with Crippen LogP contribution in [0.1, 0.15) is 33.9 Å². The highest BCUT2D eigenvalue weighted by Crippen LogP contribution is 2.24. The molecule has 1 aliphatic heterocycles. The molecule has 2 aromatic rings. The first kappa shape index (κ1) is 15.0. The molecule has 116 valence electrons. The number of hydrogen-bond acceptors (Lipinski definition) is 4. The van der Waals surface area contributed by atoms with Crippen molar-refractivity contribution in [2.45, 2.75) is 32.2 Å². The monoisotopic (exact) mass is 316 g/mol. The Bertz CT molecular complexity index is 651. The van der Waals surface area contributed by atoms with Gasteiger partial charge in [0.2, 0.25) is 0 Å². The molecule has 1 aliphatic rings. The topological polar surface area (TPSA) is 42.4 Å². The third-order valence-corrected chi connectivity index (χ3v) is 4.88. The van der Waals surface area contributed by atoms with E-state index in [9.17, 15) is 4.79 Å². The summed E-state index contributed by atoms with van der Waals surface area (Å²) in [6.45, 7) is 2.76. The molecule has 3 rings (SSSR count). The Labute approximate surface area is 134 Å². The average Bonchev–Trinajstić information content (AvgIpc) is 3.16. The van der Waals surface area contributed by atoms with E-state index in [-0.39, 0.29) is 11.9 Å². The molecular weight excluding hydrogens is 296 g/mol. The van der Waals surface area contributed by atoms with Crippen LogP contribution in [0.5, 0.6) is 5.75 Å². The zero-order valence-electron chi connectivity index (χ0n) is 12.9. The summed E-state index contributed by atoms with van der Waals surface area (Å²) in [6.07, 6.45) is 3.01. The average molecular weight is 316 g/mol. The highest BCUT2D eigenvalue weighted by Gasteiger charge is 2.30. The van der Waals surface area contributed by atoms with Gasteiger partial charge in [0.1, 0.15) is 11.4 Å². The Morgan fingerprint density at radius 3 is 2.82 bits per heavy atom. The van der Waals surface area contributed by atoms with Crippen LogP contribution in [-0.2, 0) is 6.42 Å². The van der Waals surface area contributed by atoms with Gasteiger partial charge in [-0.1, -0.05) is 12.1 Å². The smallest absolute Gasteiger partial charge is 0.273 e. The van der Waals surface area contributed by atoms with Crippen LogP contribution in [0.15, 0.2) is 29.6 Å². The summed E-state index contributed by atoms with van der Waals surface area (Å²) in [5.74, 6) is 0.932. The fourth-order valence-corrected chi connectivity index (χ4v) is 3.54. The number of hydrogen-bond donors (Lipinski definition) is 0. The highest BCUT2D eigenvalue weighted by atomic mass is 32.1. The van der Waals surface area contributed by atoms with Gasteiger partial charge in [0, 0.05) is 18.0 Å². The van der Waals surface area contributed by atoms with Crippen molar-refractivity contribution < 1.29 is 9.53 Å². The fraction of sp³-hybridized carbons (Fsp3) is 0.412. The summed E-state index contributed by atoms with van der Waals surface area (Å²) in [4.78, 5) is 18.9. The van der Waals surface area contributed by atoms with Gasteiger partial charge in [0.15, 0.2) is 0 Å². The van der Waals surface area contributed by atoms with Crippen LogP contribution in [0.25, 0.3) is 0 Å². The number of aryl methyl sites for hydroxylation is 1. The summed E-state index contributed by atoms with van der Waals surface area (Å²) in [5, 5.41) is 2.80. The Kier molecular flexibility index (Phi) is 4.43. The summed E-state index contributed by atoms with van der Waals surface area (Å²) >= 11 is 1.53. The van der Waals surface area contributed by atoms with Gasteiger partial charge in [-0.25, -0.2) is 4.98 Å². The van der Waals surface area contributed by atoms with Gasteiger partial charge < -0.3 is 9.64 Å². The number of methoxy groups -OCH3 is 1. The maximum absolute atomic E-state index is 12.6. The highest BCUT2D eigenvalue weighted by molar-refractivity contribution is 7.09. The van der Waals surface area contributed by atoms with Crippen LogP contribution in [0.4, 0.5) is 0 Å². The minimum Gasteiger partial charge on any atom is -0.497 e. The number of rotatable bonds is 4. The molecule has 0 N–H and O–H groups in total. The first-order valence-electron chi connectivity index (χ1n) is 7.53. The van der Waals surface area contributed by atoms with Gasteiger partial charge >= 0.3 is 0 Å². The third kappa shape index (κ3) is 3.14. The third-order valence-electron chi connectivity index (χ3n) is 4.11. The van der Waals surface area contributed by atoms with Gasteiger partial charge in [-0.3, -0.25) is 4.79 Å². The molecule has 5 heteroatoms. The zero-order valence-corrected chi connectivity index (χ0v) is 13.7. The van der Waals surface area contributed by atoms with E-state index in [1.807, 2.05) is 29.3 Å². The lowest BCUT2D eigenvalue weighted by Gasteiger charge is -2.24. The molecule has 1 saturated heterocycles. The first-order chi connectivity index (χ1) is 10.7. The molecule has 0 saturated carbocycles. The summed E-state index contributed by atoms with van der Waals surface area (Å²) < 4.78 is 5.19. The van der Waals surface area contributed by atoms with Crippen molar-refractivity contribution in [3.05, 3.63) is 45.9 Å². The van der Waals surface area contributed by atoms with E-state index in [0.717, 1.165) is 36.6 Å². The minimum atomic E-state index is 0.0698. The van der Waals surface area contributed by atoms with E-state index >= 15 is 0 Å². The summed E-state index contributed by atoms with van der Waals surface area (Å²) in [7, 11) is 1.67. The zero-order chi connectivity index (χ0) is 15.5. The van der Waals surface area contributed by atoms with Crippen LogP contribution in [-0.4, -0.2) is 35.5 Å². The van der Waals surface area contributed by atoms with Crippen molar-refractivity contribution in [3.8, 4) is 5.75 Å². The van der Waals surface area contributed by atoms with Gasteiger partial charge in [0.05, 0.1) is 12.1 Å². The second-order valence-corrected chi connectivity index (χ2v) is 6.66. The van der Waals surface area contributed by atoms with Crippen LogP contribution in [0.3, 0.4) is 0 Å². The number of aromatic nitrogens is 1. The van der Waals surface area contributed by atoms with Gasteiger partial charge in [-0.05, 0) is 43.9 Å². The first-order valence-corrected chi connectivity index (χ1v) is 8.41. The van der Waals surface area contributed by atoms with Crippen molar-refractivity contribution in [2.75, 3.05) is 13.7 Å². The molecule has 1 unspecified atom stereocenters. The van der Waals surface area contributed by atoms with Crippen molar-refractivity contribution in [1.29, 1.82) is 0 Å². The van der Waals surface area contributed by atoms with Crippen molar-refractivity contribution in [3.63, 3.8) is 0 Å². The minimum absolute atomic E-state index is 0.0698. The molecule has 0 radical (unpaired) electrons. The van der Waals surface area contributed by atoms with Gasteiger partial charge in [-0.15, -0.1) is 11.3 Å². The predicted molar refractivity (Wildman–Crippen MR) is 87.6 cm³/mol. The van der Waals surface area contributed by atoms with Crippen LogP contribution in [0.2, 0.25) is 0 Å². The molecule has 4 nitrogen and oxygen atoms in total. The molecule has 1 atom stereocenters. The number of carbonyl (C=O) groups excluding carboxylic acids is 1. The predicted octanol–water partition coefficient (Wildman–Crippen LogP) is 3.31. The van der Waals surface area contributed by atoms with E-state index < -0.39 is 0 Å². The lowest BCUT2D eigenvalue weighted by molar-refractivity contribution is 0.0731. The number of nitrogens with zero attached hydrogens (tertiary/aromatic N) is 2. The maximum atomic E-state index is 12.6. The second kappa shape index (κ2) is 6.48. The lowest BCUT2D eigenvalue weighted by atomic mass is 10.0. The summed E-state index contributed by atoms with van der Waals surface area (Å²) in [6, 6.07) is 8.36. The Morgan fingerprint density at radius 1 is 1.41 bits per heavy atom. The molecular formula is C17H20N2O2S. The molecule has 0 bridgehead atoms. The van der Waals surface area contributed by atoms with E-state index in [4.69, 9.17) is 4.74 Å². The number of likely N-dealkylation sites (tertiary alicyclic amines) is 1. The molecule has 0 spiro atoms. The van der Waals surface area contributed by atoms with Crippen LogP contribution < -0.4 is 4.74 Å². The van der Waals surface area contributed by atoms with Gasteiger partial charge in [0.25, 0.3) is 5.91 Å².